The predicted octanol–water partition coefficient (Wildman–Crippen LogP) is 2.68. The summed E-state index contributed by atoms with van der Waals surface area (Å²) in [5.74, 6) is 0.468. The van der Waals surface area contributed by atoms with E-state index in [0.29, 0.717) is 18.8 Å². The molecule has 1 N–H and O–H groups in total. The predicted molar refractivity (Wildman–Crippen MR) is 50.2 cm³/mol. The number of fused-ring (bicyclic) bond motifs is 1. The first-order valence-corrected chi connectivity index (χ1v) is 5.52. The molecule has 0 aromatic heterocycles. The van der Waals surface area contributed by atoms with Crippen molar-refractivity contribution in [1.82, 2.24) is 0 Å². The van der Waals surface area contributed by atoms with Gasteiger partial charge in [-0.1, -0.05) is 19.3 Å². The fourth-order valence-corrected chi connectivity index (χ4v) is 3.30. The summed E-state index contributed by atoms with van der Waals surface area (Å²) in [4.78, 5) is 0. The van der Waals surface area contributed by atoms with Crippen LogP contribution in [0.5, 0.6) is 0 Å². The first-order chi connectivity index (χ1) is 6.27. The van der Waals surface area contributed by atoms with Crippen LogP contribution in [0.1, 0.15) is 44.9 Å². The van der Waals surface area contributed by atoms with Gasteiger partial charge in [-0.05, 0) is 37.0 Å². The molecule has 2 rings (SSSR count). The van der Waals surface area contributed by atoms with Gasteiger partial charge in [0.25, 0.3) is 0 Å². The summed E-state index contributed by atoms with van der Waals surface area (Å²) in [7, 11) is 0. The Morgan fingerprint density at radius 3 is 2.92 bits per heavy atom. The molecule has 2 aliphatic rings. The Kier molecular flexibility index (Phi) is 2.59. The van der Waals surface area contributed by atoms with E-state index in [1.54, 1.807) is 0 Å². The molecule has 1 nitrogen and oxygen atoms in total. The van der Waals surface area contributed by atoms with E-state index in [-0.39, 0.29) is 12.0 Å². The van der Waals surface area contributed by atoms with E-state index in [9.17, 15) is 9.50 Å². The van der Waals surface area contributed by atoms with Crippen molar-refractivity contribution in [2.24, 2.45) is 11.3 Å². The minimum atomic E-state index is -0.643. The lowest BCUT2D eigenvalue weighted by Gasteiger charge is -2.31. The number of hydrogen-bond donors (Lipinski definition) is 1. The molecule has 0 aromatic rings. The summed E-state index contributed by atoms with van der Waals surface area (Å²) < 4.78 is 13.3. The molecule has 0 aliphatic heterocycles. The smallest absolute Gasteiger partial charge is 0.101 e. The second-order valence-corrected chi connectivity index (χ2v) is 4.85. The summed E-state index contributed by atoms with van der Waals surface area (Å²) in [6.45, 7) is 0.206. The van der Waals surface area contributed by atoms with Gasteiger partial charge in [-0.3, -0.25) is 0 Å². The average molecular weight is 186 g/mol. The first-order valence-electron chi connectivity index (χ1n) is 5.52. The largest absolute Gasteiger partial charge is 0.396 e. The Hall–Kier alpha value is -0.110. The lowest BCUT2D eigenvalue weighted by molar-refractivity contribution is 0.0733. The minimum absolute atomic E-state index is 0.0318. The van der Waals surface area contributed by atoms with Crippen LogP contribution >= 0.6 is 0 Å². The van der Waals surface area contributed by atoms with Crippen LogP contribution in [0.4, 0.5) is 4.39 Å². The summed E-state index contributed by atoms with van der Waals surface area (Å²) >= 11 is 0. The molecule has 3 atom stereocenters. The van der Waals surface area contributed by atoms with E-state index < -0.39 is 6.17 Å². The summed E-state index contributed by atoms with van der Waals surface area (Å²) in [6, 6.07) is 0. The molecule has 76 valence electrons. The molecule has 0 amide bonds. The minimum Gasteiger partial charge on any atom is -0.396 e. The molecule has 2 heteroatoms. The Bertz CT molecular complexity index is 183. The molecule has 0 aromatic carbocycles. The molecule has 1 unspecified atom stereocenters. The molecule has 0 heterocycles. The molecular formula is C11H19FO. The van der Waals surface area contributed by atoms with Crippen molar-refractivity contribution in [3.05, 3.63) is 0 Å². The average Bonchev–Trinajstić information content (AvgIpc) is 2.30. The third kappa shape index (κ3) is 1.61. The third-order valence-corrected chi connectivity index (χ3v) is 4.08. The van der Waals surface area contributed by atoms with Gasteiger partial charge >= 0.3 is 0 Å². The Morgan fingerprint density at radius 2 is 2.15 bits per heavy atom. The number of alkyl halides is 1. The Balaban J connectivity index is 2.14. The molecule has 0 bridgehead atoms. The van der Waals surface area contributed by atoms with Crippen LogP contribution in [0.2, 0.25) is 0 Å². The van der Waals surface area contributed by atoms with Gasteiger partial charge in [0.1, 0.15) is 6.17 Å². The zero-order chi connectivity index (χ0) is 9.31. The zero-order valence-corrected chi connectivity index (χ0v) is 8.14. The van der Waals surface area contributed by atoms with Crippen molar-refractivity contribution < 1.29 is 9.50 Å². The van der Waals surface area contributed by atoms with Crippen molar-refractivity contribution >= 4 is 0 Å². The van der Waals surface area contributed by atoms with Gasteiger partial charge in [0.2, 0.25) is 0 Å². The maximum absolute atomic E-state index is 13.3. The Morgan fingerprint density at radius 1 is 1.31 bits per heavy atom. The molecular weight excluding hydrogens is 167 g/mol. The van der Waals surface area contributed by atoms with Crippen LogP contribution < -0.4 is 0 Å². The number of aliphatic hydroxyl groups is 1. The Labute approximate surface area is 79.3 Å². The van der Waals surface area contributed by atoms with Gasteiger partial charge in [-0.2, -0.15) is 0 Å². The van der Waals surface area contributed by atoms with E-state index in [0.717, 1.165) is 12.8 Å². The molecule has 2 aliphatic carbocycles. The van der Waals surface area contributed by atoms with Gasteiger partial charge < -0.3 is 5.11 Å². The maximum atomic E-state index is 13.3. The molecule has 0 spiro atoms. The van der Waals surface area contributed by atoms with Crippen LogP contribution in [-0.4, -0.2) is 17.9 Å². The van der Waals surface area contributed by atoms with E-state index in [4.69, 9.17) is 0 Å². The van der Waals surface area contributed by atoms with E-state index in [1.165, 1.54) is 19.3 Å². The number of aliphatic hydroxyl groups excluding tert-OH is 1. The molecule has 0 radical (unpaired) electrons. The third-order valence-electron chi connectivity index (χ3n) is 4.08. The highest BCUT2D eigenvalue weighted by molar-refractivity contribution is 4.96. The molecule has 13 heavy (non-hydrogen) atoms. The zero-order valence-electron chi connectivity index (χ0n) is 8.14. The number of hydrogen-bond acceptors (Lipinski definition) is 1. The van der Waals surface area contributed by atoms with Gasteiger partial charge in [0.05, 0.1) is 0 Å². The lowest BCUT2D eigenvalue weighted by Crippen LogP contribution is -2.28. The summed E-state index contributed by atoms with van der Waals surface area (Å²) in [5, 5.41) is 9.43. The highest BCUT2D eigenvalue weighted by Crippen LogP contribution is 2.51. The van der Waals surface area contributed by atoms with Crippen molar-refractivity contribution in [2.45, 2.75) is 51.1 Å². The first kappa shape index (κ1) is 9.45. The molecule has 2 fully saturated rings. The van der Waals surface area contributed by atoms with Gasteiger partial charge in [0.15, 0.2) is 0 Å². The van der Waals surface area contributed by atoms with Crippen LogP contribution in [0, 0.1) is 11.3 Å². The highest BCUT2D eigenvalue weighted by Gasteiger charge is 2.46. The van der Waals surface area contributed by atoms with Crippen molar-refractivity contribution in [1.29, 1.82) is 0 Å². The standard InChI is InChI=1S/C11H19FO/c12-10-6-9-4-2-1-3-5-11(9,7-10)8-13/h9-10,13H,1-8H2/t9?,10-,11-/m0/s1. The van der Waals surface area contributed by atoms with Gasteiger partial charge in [-0.15, -0.1) is 0 Å². The monoisotopic (exact) mass is 186 g/mol. The molecule has 2 saturated carbocycles. The van der Waals surface area contributed by atoms with E-state index in [1.807, 2.05) is 0 Å². The fourth-order valence-electron chi connectivity index (χ4n) is 3.30. The van der Waals surface area contributed by atoms with Crippen molar-refractivity contribution in [3.63, 3.8) is 0 Å². The van der Waals surface area contributed by atoms with E-state index in [2.05, 4.69) is 0 Å². The number of halogens is 1. The van der Waals surface area contributed by atoms with Crippen LogP contribution in [0.15, 0.2) is 0 Å². The van der Waals surface area contributed by atoms with Gasteiger partial charge in [0, 0.05) is 6.61 Å². The number of rotatable bonds is 1. The molecule has 0 saturated heterocycles. The van der Waals surface area contributed by atoms with Crippen molar-refractivity contribution in [2.75, 3.05) is 6.61 Å². The van der Waals surface area contributed by atoms with Crippen molar-refractivity contribution in [3.8, 4) is 0 Å². The summed E-state index contributed by atoms with van der Waals surface area (Å²) in [6.07, 6.45) is 6.57. The maximum Gasteiger partial charge on any atom is 0.101 e. The van der Waals surface area contributed by atoms with Crippen LogP contribution in [-0.2, 0) is 0 Å². The SMILES string of the molecule is OC[C@@]12CCCCCC1C[C@H](F)C2. The van der Waals surface area contributed by atoms with Gasteiger partial charge in [-0.25, -0.2) is 4.39 Å². The highest BCUT2D eigenvalue weighted by atomic mass is 19.1. The second-order valence-electron chi connectivity index (χ2n) is 4.85. The topological polar surface area (TPSA) is 20.2 Å². The van der Waals surface area contributed by atoms with Crippen LogP contribution in [0.25, 0.3) is 0 Å². The summed E-state index contributed by atoms with van der Waals surface area (Å²) in [5.41, 5.74) is -0.0318. The van der Waals surface area contributed by atoms with Crippen LogP contribution in [0.3, 0.4) is 0 Å². The normalized spacial score (nSPS) is 45.7. The lowest BCUT2D eigenvalue weighted by atomic mass is 9.75. The second kappa shape index (κ2) is 3.56. The van der Waals surface area contributed by atoms with E-state index >= 15 is 0 Å². The fraction of sp³-hybridized carbons (Fsp3) is 1.00. The quantitative estimate of drug-likeness (QED) is 0.667.